The monoisotopic (exact) mass is 296 g/mol. The fourth-order valence-electron chi connectivity index (χ4n) is 1.49. The number of nitro benzene ring substituents is 1. The van der Waals surface area contributed by atoms with Crippen LogP contribution in [0.15, 0.2) is 18.2 Å². The number of nitrogens with one attached hydrogen (secondary N) is 1. The van der Waals surface area contributed by atoms with E-state index in [2.05, 4.69) is 10.1 Å². The van der Waals surface area contributed by atoms with Crippen LogP contribution in [0.25, 0.3) is 0 Å². The largest absolute Gasteiger partial charge is 0.465 e. The quantitative estimate of drug-likeness (QED) is 0.374. The molecule has 1 amide bonds. The Morgan fingerprint density at radius 3 is 2.67 bits per heavy atom. The van der Waals surface area contributed by atoms with Crippen LogP contribution in [0.4, 0.5) is 16.2 Å². The molecule has 0 bridgehead atoms. The maximum absolute atomic E-state index is 11.6. The van der Waals surface area contributed by atoms with Gasteiger partial charge in [0.1, 0.15) is 0 Å². The summed E-state index contributed by atoms with van der Waals surface area (Å²) in [4.78, 5) is 33.2. The Hall–Kier alpha value is -2.64. The molecule has 1 aromatic rings. The summed E-state index contributed by atoms with van der Waals surface area (Å²) in [5.41, 5.74) is -0.298. The van der Waals surface area contributed by atoms with E-state index in [1.165, 1.54) is 12.1 Å². The molecule has 0 spiro atoms. The van der Waals surface area contributed by atoms with Crippen molar-refractivity contribution in [1.82, 2.24) is 0 Å². The molecule has 0 aliphatic carbocycles. The van der Waals surface area contributed by atoms with Gasteiger partial charge in [-0.1, -0.05) is 13.3 Å². The van der Waals surface area contributed by atoms with Gasteiger partial charge in [-0.25, -0.2) is 9.59 Å². The van der Waals surface area contributed by atoms with E-state index in [0.717, 1.165) is 26.0 Å². The van der Waals surface area contributed by atoms with Crippen molar-refractivity contribution in [3.8, 4) is 0 Å². The summed E-state index contributed by atoms with van der Waals surface area (Å²) < 4.78 is 9.43. The van der Waals surface area contributed by atoms with Gasteiger partial charge in [-0.05, 0) is 12.5 Å². The zero-order chi connectivity index (χ0) is 15.8. The van der Waals surface area contributed by atoms with E-state index >= 15 is 0 Å². The summed E-state index contributed by atoms with van der Waals surface area (Å²) in [7, 11) is 1.14. The summed E-state index contributed by atoms with van der Waals surface area (Å²) in [5, 5.41) is 13.1. The van der Waals surface area contributed by atoms with E-state index in [9.17, 15) is 19.7 Å². The number of non-ortho nitro benzene ring substituents is 1. The summed E-state index contributed by atoms with van der Waals surface area (Å²) in [5.74, 6) is -0.789. The molecule has 0 aromatic heterocycles. The lowest BCUT2D eigenvalue weighted by molar-refractivity contribution is -0.384. The number of rotatable bonds is 6. The van der Waals surface area contributed by atoms with Crippen LogP contribution in [0.2, 0.25) is 0 Å². The molecule has 0 fully saturated rings. The van der Waals surface area contributed by atoms with E-state index in [0.29, 0.717) is 0 Å². The Labute approximate surface area is 121 Å². The van der Waals surface area contributed by atoms with Crippen molar-refractivity contribution in [2.24, 2.45) is 0 Å². The van der Waals surface area contributed by atoms with Gasteiger partial charge in [0.05, 0.1) is 29.9 Å². The highest BCUT2D eigenvalue weighted by Gasteiger charge is 2.19. The van der Waals surface area contributed by atoms with Crippen molar-refractivity contribution in [2.45, 2.75) is 19.8 Å². The van der Waals surface area contributed by atoms with Gasteiger partial charge in [0, 0.05) is 12.1 Å². The number of hydrogen-bond acceptors (Lipinski definition) is 6. The molecule has 1 aromatic carbocycles. The molecule has 0 radical (unpaired) electrons. The lowest BCUT2D eigenvalue weighted by Crippen LogP contribution is -2.17. The first-order valence-electron chi connectivity index (χ1n) is 6.30. The molecule has 0 aliphatic rings. The summed E-state index contributed by atoms with van der Waals surface area (Å²) in [6.07, 6.45) is 0.859. The van der Waals surface area contributed by atoms with E-state index in [1.807, 2.05) is 6.92 Å². The lowest BCUT2D eigenvalue weighted by atomic mass is 10.1. The molecule has 0 heterocycles. The molecule has 0 saturated heterocycles. The minimum atomic E-state index is -0.789. The average molecular weight is 296 g/mol. The number of methoxy groups -OCH3 is 1. The number of anilines is 1. The molecule has 8 heteroatoms. The summed E-state index contributed by atoms with van der Waals surface area (Å²) >= 11 is 0. The molecular formula is C13H16N2O6. The highest BCUT2D eigenvalue weighted by molar-refractivity contribution is 6.00. The first-order chi connectivity index (χ1) is 9.99. The number of nitro groups is 1. The second-order valence-corrected chi connectivity index (χ2v) is 4.09. The van der Waals surface area contributed by atoms with Gasteiger partial charge >= 0.3 is 12.1 Å². The van der Waals surface area contributed by atoms with Crippen molar-refractivity contribution in [3.05, 3.63) is 33.9 Å². The zero-order valence-electron chi connectivity index (χ0n) is 11.8. The molecule has 114 valence electrons. The fraction of sp³-hybridized carbons (Fsp3) is 0.385. The Morgan fingerprint density at radius 2 is 2.10 bits per heavy atom. The molecule has 0 aliphatic heterocycles. The van der Waals surface area contributed by atoms with Crippen molar-refractivity contribution in [2.75, 3.05) is 19.0 Å². The number of hydrogen-bond donors (Lipinski definition) is 1. The van der Waals surface area contributed by atoms with Gasteiger partial charge < -0.3 is 9.47 Å². The zero-order valence-corrected chi connectivity index (χ0v) is 11.8. The fourth-order valence-corrected chi connectivity index (χ4v) is 1.49. The van der Waals surface area contributed by atoms with Crippen LogP contribution < -0.4 is 5.32 Å². The van der Waals surface area contributed by atoms with Crippen LogP contribution >= 0.6 is 0 Å². The standard InChI is InChI=1S/C13H16N2O6/c1-3-4-7-21-13(17)14-11-6-5-9(15(18)19)8-10(11)12(16)20-2/h5-6,8H,3-4,7H2,1-2H3,(H,14,17). The minimum Gasteiger partial charge on any atom is -0.465 e. The highest BCUT2D eigenvalue weighted by Crippen LogP contribution is 2.23. The lowest BCUT2D eigenvalue weighted by Gasteiger charge is -2.10. The van der Waals surface area contributed by atoms with E-state index < -0.39 is 17.0 Å². The Kier molecular flexibility index (Phi) is 6.12. The van der Waals surface area contributed by atoms with Crippen LogP contribution in [0.1, 0.15) is 30.1 Å². The summed E-state index contributed by atoms with van der Waals surface area (Å²) in [6.45, 7) is 2.20. The Bertz CT molecular complexity index is 543. The molecule has 1 N–H and O–H groups in total. The van der Waals surface area contributed by atoms with Gasteiger partial charge in [-0.15, -0.1) is 0 Å². The molecule has 0 unspecified atom stereocenters. The number of carbonyl (C=O) groups excluding carboxylic acids is 2. The van der Waals surface area contributed by atoms with E-state index in [4.69, 9.17) is 4.74 Å². The van der Waals surface area contributed by atoms with Gasteiger partial charge in [-0.2, -0.15) is 0 Å². The van der Waals surface area contributed by atoms with Crippen LogP contribution in [0.5, 0.6) is 0 Å². The second kappa shape index (κ2) is 7.83. The third kappa shape index (κ3) is 4.75. The van der Waals surface area contributed by atoms with Crippen LogP contribution in [-0.2, 0) is 9.47 Å². The number of esters is 1. The van der Waals surface area contributed by atoms with Crippen molar-refractivity contribution in [1.29, 1.82) is 0 Å². The van der Waals surface area contributed by atoms with Gasteiger partial charge in [0.25, 0.3) is 5.69 Å². The first kappa shape index (κ1) is 16.4. The first-order valence-corrected chi connectivity index (χ1v) is 6.30. The minimum absolute atomic E-state index is 0.0916. The number of benzene rings is 1. The predicted molar refractivity (Wildman–Crippen MR) is 74.3 cm³/mol. The van der Waals surface area contributed by atoms with Crippen molar-refractivity contribution in [3.63, 3.8) is 0 Å². The highest BCUT2D eigenvalue weighted by atomic mass is 16.6. The predicted octanol–water partition coefficient (Wildman–Crippen LogP) is 2.73. The SMILES string of the molecule is CCCCOC(=O)Nc1ccc([N+](=O)[O-])cc1C(=O)OC. The summed E-state index contributed by atoms with van der Waals surface area (Å²) in [6, 6.07) is 3.47. The molecule has 8 nitrogen and oxygen atoms in total. The number of nitrogens with zero attached hydrogens (tertiary/aromatic N) is 1. The van der Waals surface area contributed by atoms with Gasteiger partial charge in [0.15, 0.2) is 0 Å². The molecule has 0 atom stereocenters. The van der Waals surface area contributed by atoms with E-state index in [-0.39, 0.29) is 23.5 Å². The van der Waals surface area contributed by atoms with Crippen LogP contribution in [0, 0.1) is 10.1 Å². The topological polar surface area (TPSA) is 108 Å². The second-order valence-electron chi connectivity index (χ2n) is 4.09. The van der Waals surface area contributed by atoms with Gasteiger partial charge in [-0.3, -0.25) is 15.4 Å². The molecule has 1 rings (SSSR count). The number of carbonyl (C=O) groups is 2. The third-order valence-electron chi connectivity index (χ3n) is 2.59. The molecular weight excluding hydrogens is 280 g/mol. The Balaban J connectivity index is 2.92. The van der Waals surface area contributed by atoms with Crippen molar-refractivity contribution < 1.29 is 24.0 Å². The molecule has 21 heavy (non-hydrogen) atoms. The maximum Gasteiger partial charge on any atom is 0.411 e. The van der Waals surface area contributed by atoms with Crippen LogP contribution in [0.3, 0.4) is 0 Å². The Morgan fingerprint density at radius 1 is 1.38 bits per heavy atom. The van der Waals surface area contributed by atoms with Gasteiger partial charge in [0.2, 0.25) is 0 Å². The molecule has 0 saturated carbocycles. The number of amides is 1. The number of unbranched alkanes of at least 4 members (excludes halogenated alkanes) is 1. The normalized spacial score (nSPS) is 9.81. The maximum atomic E-state index is 11.6. The smallest absolute Gasteiger partial charge is 0.411 e. The average Bonchev–Trinajstić information content (AvgIpc) is 2.46. The van der Waals surface area contributed by atoms with E-state index in [1.54, 1.807) is 0 Å². The van der Waals surface area contributed by atoms with Crippen LogP contribution in [-0.4, -0.2) is 30.7 Å². The number of ether oxygens (including phenoxy) is 2. The van der Waals surface area contributed by atoms with Crippen molar-refractivity contribution >= 4 is 23.4 Å². The third-order valence-corrected chi connectivity index (χ3v) is 2.59.